The lowest BCUT2D eigenvalue weighted by atomic mass is 10.1. The van der Waals surface area contributed by atoms with E-state index in [4.69, 9.17) is 28.5 Å². The van der Waals surface area contributed by atoms with E-state index in [1.165, 1.54) is 0 Å². The van der Waals surface area contributed by atoms with Crippen molar-refractivity contribution in [3.63, 3.8) is 0 Å². The van der Waals surface area contributed by atoms with Crippen molar-refractivity contribution in [2.45, 2.75) is 6.10 Å². The predicted molar refractivity (Wildman–Crippen MR) is 88.8 cm³/mol. The summed E-state index contributed by atoms with van der Waals surface area (Å²) in [6.07, 6.45) is -0.832. The summed E-state index contributed by atoms with van der Waals surface area (Å²) < 4.78 is 0.847. The molecule has 0 amide bonds. The Balaban J connectivity index is 2.15. The first kappa shape index (κ1) is 16.1. The molecule has 3 nitrogen and oxygen atoms in total. The maximum absolute atomic E-state index is 10.2. The minimum atomic E-state index is -0.832. The van der Waals surface area contributed by atoms with Crippen molar-refractivity contribution in [3.8, 4) is 6.07 Å². The van der Waals surface area contributed by atoms with Crippen molar-refractivity contribution in [3.05, 3.63) is 62.0 Å². The standard InChI is InChI=1S/C15H11BrCl2N2O/c16-10-2-1-9(7-19)14(5-10)20-8-15(21)12-6-11(17)3-4-13(12)18/h1-6,15,20-21H,8H2. The van der Waals surface area contributed by atoms with E-state index in [-0.39, 0.29) is 6.54 Å². The van der Waals surface area contributed by atoms with Crippen molar-refractivity contribution >= 4 is 44.8 Å². The quantitative estimate of drug-likeness (QED) is 0.796. The van der Waals surface area contributed by atoms with Gasteiger partial charge < -0.3 is 10.4 Å². The third-order valence-electron chi connectivity index (χ3n) is 2.90. The Hall–Kier alpha value is -1.25. The van der Waals surface area contributed by atoms with Crippen LogP contribution in [0.3, 0.4) is 0 Å². The first-order chi connectivity index (χ1) is 10.0. The number of aliphatic hydroxyl groups excluding tert-OH is 1. The summed E-state index contributed by atoms with van der Waals surface area (Å²) in [6, 6.07) is 12.3. The second-order valence-corrected chi connectivity index (χ2v) is 6.12. The van der Waals surface area contributed by atoms with Gasteiger partial charge in [0, 0.05) is 26.6 Å². The first-order valence-electron chi connectivity index (χ1n) is 6.08. The molecule has 0 aromatic heterocycles. The molecule has 21 heavy (non-hydrogen) atoms. The number of hydrogen-bond acceptors (Lipinski definition) is 3. The molecule has 2 aromatic carbocycles. The maximum Gasteiger partial charge on any atom is 0.101 e. The van der Waals surface area contributed by atoms with Crippen LogP contribution in [0.4, 0.5) is 5.69 Å². The summed E-state index contributed by atoms with van der Waals surface area (Å²) in [6.45, 7) is 0.213. The van der Waals surface area contributed by atoms with Gasteiger partial charge in [-0.3, -0.25) is 0 Å². The van der Waals surface area contributed by atoms with E-state index in [0.29, 0.717) is 26.9 Å². The lowest BCUT2D eigenvalue weighted by Crippen LogP contribution is -2.13. The number of hydrogen-bond donors (Lipinski definition) is 2. The van der Waals surface area contributed by atoms with Gasteiger partial charge in [0.15, 0.2) is 0 Å². The van der Waals surface area contributed by atoms with Gasteiger partial charge >= 0.3 is 0 Å². The zero-order valence-electron chi connectivity index (χ0n) is 10.8. The summed E-state index contributed by atoms with van der Waals surface area (Å²) >= 11 is 15.3. The molecule has 2 rings (SSSR count). The highest BCUT2D eigenvalue weighted by atomic mass is 79.9. The van der Waals surface area contributed by atoms with Crippen LogP contribution >= 0.6 is 39.1 Å². The minimum absolute atomic E-state index is 0.213. The zero-order chi connectivity index (χ0) is 15.4. The van der Waals surface area contributed by atoms with E-state index in [1.54, 1.807) is 36.4 Å². The van der Waals surface area contributed by atoms with Crippen LogP contribution in [0.2, 0.25) is 10.0 Å². The third kappa shape index (κ3) is 4.12. The molecule has 0 spiro atoms. The molecule has 0 aliphatic rings. The minimum Gasteiger partial charge on any atom is -0.387 e. The second-order valence-electron chi connectivity index (χ2n) is 4.36. The van der Waals surface area contributed by atoms with E-state index in [0.717, 1.165) is 4.47 Å². The normalized spacial score (nSPS) is 11.8. The van der Waals surface area contributed by atoms with Gasteiger partial charge in [-0.2, -0.15) is 5.26 Å². The van der Waals surface area contributed by atoms with Crippen LogP contribution in [0.25, 0.3) is 0 Å². The molecule has 2 N–H and O–H groups in total. The molecule has 1 unspecified atom stereocenters. The van der Waals surface area contributed by atoms with Crippen LogP contribution in [0.15, 0.2) is 40.9 Å². The molecule has 0 aliphatic heterocycles. The van der Waals surface area contributed by atoms with Gasteiger partial charge in [0.1, 0.15) is 6.07 Å². The molecule has 0 saturated carbocycles. The zero-order valence-corrected chi connectivity index (χ0v) is 13.9. The van der Waals surface area contributed by atoms with Gasteiger partial charge in [0.2, 0.25) is 0 Å². The number of nitrogens with one attached hydrogen (secondary N) is 1. The largest absolute Gasteiger partial charge is 0.387 e. The molecule has 0 heterocycles. The smallest absolute Gasteiger partial charge is 0.101 e. The summed E-state index contributed by atoms with van der Waals surface area (Å²) in [5, 5.41) is 23.3. The molecule has 108 valence electrons. The third-order valence-corrected chi connectivity index (χ3v) is 3.98. The van der Waals surface area contributed by atoms with Gasteiger partial charge in [0.05, 0.1) is 17.4 Å². The second kappa shape index (κ2) is 7.15. The van der Waals surface area contributed by atoms with E-state index in [9.17, 15) is 5.11 Å². The summed E-state index contributed by atoms with van der Waals surface area (Å²) in [5.74, 6) is 0. The number of nitrogens with zero attached hydrogens (tertiary/aromatic N) is 1. The van der Waals surface area contributed by atoms with Crippen LogP contribution in [0.5, 0.6) is 0 Å². The highest BCUT2D eigenvalue weighted by Gasteiger charge is 2.13. The lowest BCUT2D eigenvalue weighted by molar-refractivity contribution is 0.192. The van der Waals surface area contributed by atoms with Crippen molar-refractivity contribution < 1.29 is 5.11 Å². The Bertz CT molecular complexity index is 701. The maximum atomic E-state index is 10.2. The molecule has 0 radical (unpaired) electrons. The van der Waals surface area contributed by atoms with E-state index in [2.05, 4.69) is 27.3 Å². The predicted octanol–water partition coefficient (Wildman–Crippen LogP) is 4.77. The molecule has 0 aliphatic carbocycles. The van der Waals surface area contributed by atoms with Crippen molar-refractivity contribution in [2.75, 3.05) is 11.9 Å². The Morgan fingerprint density at radius 1 is 1.24 bits per heavy atom. The molecular formula is C15H11BrCl2N2O. The molecular weight excluding hydrogens is 375 g/mol. The molecule has 2 aromatic rings. The van der Waals surface area contributed by atoms with E-state index in [1.807, 2.05) is 0 Å². The summed E-state index contributed by atoms with van der Waals surface area (Å²) in [7, 11) is 0. The van der Waals surface area contributed by atoms with E-state index < -0.39 is 6.10 Å². The molecule has 6 heteroatoms. The molecule has 1 atom stereocenters. The highest BCUT2D eigenvalue weighted by Crippen LogP contribution is 2.27. The van der Waals surface area contributed by atoms with Crippen molar-refractivity contribution in [1.29, 1.82) is 5.26 Å². The van der Waals surface area contributed by atoms with E-state index >= 15 is 0 Å². The molecule has 0 bridgehead atoms. The van der Waals surface area contributed by atoms with Gasteiger partial charge in [-0.05, 0) is 36.4 Å². The van der Waals surface area contributed by atoms with Gasteiger partial charge in [-0.15, -0.1) is 0 Å². The molecule has 0 saturated heterocycles. The lowest BCUT2D eigenvalue weighted by Gasteiger charge is -2.15. The van der Waals surface area contributed by atoms with Gasteiger partial charge in [-0.1, -0.05) is 39.1 Å². The average molecular weight is 386 g/mol. The van der Waals surface area contributed by atoms with Crippen LogP contribution in [0, 0.1) is 11.3 Å². The topological polar surface area (TPSA) is 56.0 Å². The van der Waals surface area contributed by atoms with Crippen LogP contribution in [-0.4, -0.2) is 11.7 Å². The van der Waals surface area contributed by atoms with Gasteiger partial charge in [0.25, 0.3) is 0 Å². The van der Waals surface area contributed by atoms with Crippen LogP contribution in [0.1, 0.15) is 17.2 Å². The average Bonchev–Trinajstić information content (AvgIpc) is 2.47. The molecule has 0 fully saturated rings. The number of halogens is 3. The Kier molecular flexibility index (Phi) is 5.49. The fourth-order valence-electron chi connectivity index (χ4n) is 1.85. The van der Waals surface area contributed by atoms with Crippen LogP contribution < -0.4 is 5.32 Å². The number of rotatable bonds is 4. The number of nitriles is 1. The summed E-state index contributed by atoms with van der Waals surface area (Å²) in [5.41, 5.74) is 1.69. The van der Waals surface area contributed by atoms with Crippen molar-refractivity contribution in [2.24, 2.45) is 0 Å². The van der Waals surface area contributed by atoms with Crippen molar-refractivity contribution in [1.82, 2.24) is 0 Å². The number of aliphatic hydroxyl groups is 1. The summed E-state index contributed by atoms with van der Waals surface area (Å²) in [4.78, 5) is 0. The van der Waals surface area contributed by atoms with Crippen LogP contribution in [-0.2, 0) is 0 Å². The Labute approximate surface area is 141 Å². The number of anilines is 1. The number of benzene rings is 2. The monoisotopic (exact) mass is 384 g/mol. The first-order valence-corrected chi connectivity index (χ1v) is 7.62. The fourth-order valence-corrected chi connectivity index (χ4v) is 2.63. The Morgan fingerprint density at radius 3 is 2.71 bits per heavy atom. The SMILES string of the molecule is N#Cc1ccc(Br)cc1NCC(O)c1cc(Cl)ccc1Cl. The van der Waals surface area contributed by atoms with Gasteiger partial charge in [-0.25, -0.2) is 0 Å². The highest BCUT2D eigenvalue weighted by molar-refractivity contribution is 9.10. The fraction of sp³-hybridized carbons (Fsp3) is 0.133. The Morgan fingerprint density at radius 2 is 2.00 bits per heavy atom.